The Morgan fingerprint density at radius 1 is 1.04 bits per heavy atom. The second-order valence-electron chi connectivity index (χ2n) is 5.08. The van der Waals surface area contributed by atoms with Gasteiger partial charge in [0.05, 0.1) is 0 Å². The molecule has 0 fully saturated rings. The highest BCUT2D eigenvalue weighted by molar-refractivity contribution is 7.20. The van der Waals surface area contributed by atoms with Crippen molar-refractivity contribution in [3.8, 4) is 11.3 Å². The topological polar surface area (TPSA) is 54.0 Å². The monoisotopic (exact) mass is 323 g/mol. The molecule has 2 aromatic carbocycles. The van der Waals surface area contributed by atoms with Crippen LogP contribution in [0, 0.1) is 0 Å². The van der Waals surface area contributed by atoms with Gasteiger partial charge in [0.1, 0.15) is 10.7 Å². The zero-order chi connectivity index (χ0) is 16.1. The van der Waals surface area contributed by atoms with Crippen LogP contribution in [0.15, 0.2) is 60.7 Å². The lowest BCUT2D eigenvalue weighted by molar-refractivity contribution is -0.114. The first-order valence-corrected chi connectivity index (χ1v) is 8.15. The van der Waals surface area contributed by atoms with E-state index in [1.165, 1.54) is 23.8 Å². The Bertz CT molecular complexity index is 785. The van der Waals surface area contributed by atoms with E-state index in [0.29, 0.717) is 6.54 Å². The SMILES string of the molecule is CC(=O)Nc1sc(NCc2ccccc2)nc1-c1ccccc1. The van der Waals surface area contributed by atoms with Crippen molar-refractivity contribution >= 4 is 27.4 Å². The second kappa shape index (κ2) is 7.07. The molecule has 116 valence electrons. The summed E-state index contributed by atoms with van der Waals surface area (Å²) < 4.78 is 0. The molecule has 0 atom stereocenters. The largest absolute Gasteiger partial charge is 0.357 e. The van der Waals surface area contributed by atoms with E-state index in [0.717, 1.165) is 21.4 Å². The molecule has 0 saturated heterocycles. The molecule has 1 heterocycles. The minimum Gasteiger partial charge on any atom is -0.357 e. The summed E-state index contributed by atoms with van der Waals surface area (Å²) in [4.78, 5) is 16.1. The first kappa shape index (κ1) is 15.2. The van der Waals surface area contributed by atoms with Crippen LogP contribution >= 0.6 is 11.3 Å². The van der Waals surface area contributed by atoms with Crippen LogP contribution in [0.3, 0.4) is 0 Å². The standard InChI is InChI=1S/C18H17N3OS/c1-13(22)20-17-16(15-10-6-3-7-11-15)21-18(23-17)19-12-14-8-4-2-5-9-14/h2-11H,12H2,1H3,(H,19,21)(H,20,22). The lowest BCUT2D eigenvalue weighted by Gasteiger charge is -2.02. The molecule has 3 aromatic rings. The molecule has 0 radical (unpaired) electrons. The summed E-state index contributed by atoms with van der Waals surface area (Å²) in [7, 11) is 0. The van der Waals surface area contributed by atoms with Crippen molar-refractivity contribution in [1.82, 2.24) is 4.98 Å². The number of hydrogen-bond donors (Lipinski definition) is 2. The molecule has 0 aliphatic heterocycles. The van der Waals surface area contributed by atoms with E-state index in [1.54, 1.807) is 0 Å². The predicted molar refractivity (Wildman–Crippen MR) is 95.6 cm³/mol. The van der Waals surface area contributed by atoms with Crippen molar-refractivity contribution in [1.29, 1.82) is 0 Å². The van der Waals surface area contributed by atoms with Gasteiger partial charge < -0.3 is 10.6 Å². The molecule has 1 aromatic heterocycles. The van der Waals surface area contributed by atoms with Crippen molar-refractivity contribution in [2.45, 2.75) is 13.5 Å². The van der Waals surface area contributed by atoms with Gasteiger partial charge in [0.15, 0.2) is 5.13 Å². The molecular weight excluding hydrogens is 306 g/mol. The van der Waals surface area contributed by atoms with Crippen LogP contribution in [0.1, 0.15) is 12.5 Å². The van der Waals surface area contributed by atoms with Crippen molar-refractivity contribution in [3.05, 3.63) is 66.2 Å². The summed E-state index contributed by atoms with van der Waals surface area (Å²) in [5.41, 5.74) is 2.96. The Morgan fingerprint density at radius 2 is 1.70 bits per heavy atom. The molecule has 0 saturated carbocycles. The fourth-order valence-electron chi connectivity index (χ4n) is 2.21. The Balaban J connectivity index is 1.84. The van der Waals surface area contributed by atoms with Gasteiger partial charge in [-0.2, -0.15) is 0 Å². The van der Waals surface area contributed by atoms with Crippen molar-refractivity contribution in [3.63, 3.8) is 0 Å². The molecule has 0 unspecified atom stereocenters. The van der Waals surface area contributed by atoms with Crippen LogP contribution in [0.2, 0.25) is 0 Å². The van der Waals surface area contributed by atoms with E-state index in [-0.39, 0.29) is 5.91 Å². The van der Waals surface area contributed by atoms with Gasteiger partial charge in [-0.15, -0.1) is 0 Å². The van der Waals surface area contributed by atoms with Crippen LogP contribution in [0.25, 0.3) is 11.3 Å². The van der Waals surface area contributed by atoms with E-state index >= 15 is 0 Å². The third kappa shape index (κ3) is 3.96. The summed E-state index contributed by atoms with van der Waals surface area (Å²) in [5.74, 6) is -0.0968. The summed E-state index contributed by atoms with van der Waals surface area (Å²) in [5, 5.41) is 7.74. The van der Waals surface area contributed by atoms with Crippen molar-refractivity contribution < 1.29 is 4.79 Å². The van der Waals surface area contributed by atoms with E-state index < -0.39 is 0 Å². The number of benzene rings is 2. The quantitative estimate of drug-likeness (QED) is 0.732. The number of amides is 1. The number of nitrogens with one attached hydrogen (secondary N) is 2. The lowest BCUT2D eigenvalue weighted by Crippen LogP contribution is -2.05. The Morgan fingerprint density at radius 3 is 2.35 bits per heavy atom. The number of thiazole rings is 1. The molecule has 23 heavy (non-hydrogen) atoms. The van der Waals surface area contributed by atoms with E-state index in [4.69, 9.17) is 0 Å². The zero-order valence-corrected chi connectivity index (χ0v) is 13.6. The number of nitrogens with zero attached hydrogens (tertiary/aromatic N) is 1. The van der Waals surface area contributed by atoms with Crippen LogP contribution in [0.5, 0.6) is 0 Å². The maximum absolute atomic E-state index is 11.4. The van der Waals surface area contributed by atoms with Gasteiger partial charge in [0, 0.05) is 19.0 Å². The first-order valence-electron chi connectivity index (χ1n) is 7.34. The maximum Gasteiger partial charge on any atom is 0.221 e. The fourth-order valence-corrected chi connectivity index (χ4v) is 3.14. The normalized spacial score (nSPS) is 10.3. The summed E-state index contributed by atoms with van der Waals surface area (Å²) >= 11 is 1.45. The number of anilines is 2. The molecule has 2 N–H and O–H groups in total. The third-order valence-corrected chi connectivity index (χ3v) is 4.18. The number of carbonyl (C=O) groups excluding carboxylic acids is 1. The van der Waals surface area contributed by atoms with E-state index in [1.807, 2.05) is 48.5 Å². The van der Waals surface area contributed by atoms with E-state index in [9.17, 15) is 4.79 Å². The fraction of sp³-hybridized carbons (Fsp3) is 0.111. The average molecular weight is 323 g/mol. The van der Waals surface area contributed by atoms with Crippen molar-refractivity contribution in [2.75, 3.05) is 10.6 Å². The van der Waals surface area contributed by atoms with Gasteiger partial charge in [0.2, 0.25) is 5.91 Å². The molecule has 0 aliphatic carbocycles. The van der Waals surface area contributed by atoms with Crippen LogP contribution in [-0.2, 0) is 11.3 Å². The van der Waals surface area contributed by atoms with Gasteiger partial charge in [-0.25, -0.2) is 4.98 Å². The average Bonchev–Trinajstić information content (AvgIpc) is 2.97. The smallest absolute Gasteiger partial charge is 0.221 e. The maximum atomic E-state index is 11.4. The predicted octanol–water partition coefficient (Wildman–Crippen LogP) is 4.38. The minimum atomic E-state index is -0.0968. The van der Waals surface area contributed by atoms with Crippen LogP contribution in [-0.4, -0.2) is 10.9 Å². The molecule has 3 rings (SSSR count). The van der Waals surface area contributed by atoms with Crippen molar-refractivity contribution in [2.24, 2.45) is 0 Å². The zero-order valence-electron chi connectivity index (χ0n) is 12.7. The summed E-state index contributed by atoms with van der Waals surface area (Å²) in [6.45, 7) is 2.20. The van der Waals surface area contributed by atoms with Gasteiger partial charge in [0.25, 0.3) is 0 Å². The second-order valence-corrected chi connectivity index (χ2v) is 6.08. The number of hydrogen-bond acceptors (Lipinski definition) is 4. The van der Waals surface area contributed by atoms with Crippen LogP contribution in [0.4, 0.5) is 10.1 Å². The van der Waals surface area contributed by atoms with Gasteiger partial charge in [-0.1, -0.05) is 72.0 Å². The first-order chi connectivity index (χ1) is 11.2. The highest BCUT2D eigenvalue weighted by Crippen LogP contribution is 2.35. The number of aromatic nitrogens is 1. The number of rotatable bonds is 5. The molecule has 0 spiro atoms. The summed E-state index contributed by atoms with van der Waals surface area (Å²) in [6, 6.07) is 20.0. The molecule has 4 nitrogen and oxygen atoms in total. The highest BCUT2D eigenvalue weighted by Gasteiger charge is 2.14. The van der Waals surface area contributed by atoms with Gasteiger partial charge >= 0.3 is 0 Å². The lowest BCUT2D eigenvalue weighted by atomic mass is 10.2. The molecule has 1 amide bonds. The van der Waals surface area contributed by atoms with E-state index in [2.05, 4.69) is 27.8 Å². The molecule has 0 aliphatic rings. The highest BCUT2D eigenvalue weighted by atomic mass is 32.1. The Labute approximate surface area is 139 Å². The van der Waals surface area contributed by atoms with Gasteiger partial charge in [-0.3, -0.25) is 4.79 Å². The minimum absolute atomic E-state index is 0.0968. The molecular formula is C18H17N3OS. The summed E-state index contributed by atoms with van der Waals surface area (Å²) in [6.07, 6.45) is 0. The van der Waals surface area contributed by atoms with Crippen LogP contribution < -0.4 is 10.6 Å². The Hall–Kier alpha value is -2.66. The Kier molecular flexibility index (Phi) is 4.68. The molecule has 0 bridgehead atoms. The third-order valence-electron chi connectivity index (χ3n) is 3.25. The van der Waals surface area contributed by atoms with Gasteiger partial charge in [-0.05, 0) is 5.56 Å². The molecule has 5 heteroatoms. The number of carbonyl (C=O) groups is 1.